The lowest BCUT2D eigenvalue weighted by atomic mass is 9.95. The van der Waals surface area contributed by atoms with Crippen molar-refractivity contribution < 1.29 is 4.42 Å². The standard InChI is InChI=1S/C14H15ClO2/c1-8(2)11-6-12-10(7-15)5-14(16)17-13(12)4-9(11)3/h4-6,8H,7H2,1-3H3. The van der Waals surface area contributed by atoms with E-state index in [0.717, 1.165) is 16.5 Å². The zero-order valence-electron chi connectivity index (χ0n) is 10.2. The molecule has 1 aromatic carbocycles. The Morgan fingerprint density at radius 3 is 2.59 bits per heavy atom. The molecule has 0 aliphatic heterocycles. The van der Waals surface area contributed by atoms with Gasteiger partial charge in [0.2, 0.25) is 0 Å². The number of hydrogen-bond donors (Lipinski definition) is 0. The highest BCUT2D eigenvalue weighted by Crippen LogP contribution is 2.27. The lowest BCUT2D eigenvalue weighted by Crippen LogP contribution is -2.01. The summed E-state index contributed by atoms with van der Waals surface area (Å²) in [6.45, 7) is 6.32. The molecular weight excluding hydrogens is 236 g/mol. The predicted molar refractivity (Wildman–Crippen MR) is 70.9 cm³/mol. The van der Waals surface area contributed by atoms with Crippen molar-refractivity contribution in [3.63, 3.8) is 0 Å². The third-order valence-electron chi connectivity index (χ3n) is 2.98. The molecule has 0 saturated carbocycles. The monoisotopic (exact) mass is 250 g/mol. The van der Waals surface area contributed by atoms with Crippen molar-refractivity contribution in [3.8, 4) is 0 Å². The van der Waals surface area contributed by atoms with Crippen molar-refractivity contribution in [2.24, 2.45) is 0 Å². The van der Waals surface area contributed by atoms with Gasteiger partial charge in [-0.1, -0.05) is 13.8 Å². The Kier molecular flexibility index (Phi) is 3.25. The van der Waals surface area contributed by atoms with Gasteiger partial charge in [0.1, 0.15) is 5.58 Å². The maximum atomic E-state index is 11.4. The lowest BCUT2D eigenvalue weighted by molar-refractivity contribution is 0.559. The van der Waals surface area contributed by atoms with Crippen molar-refractivity contribution in [3.05, 3.63) is 45.3 Å². The van der Waals surface area contributed by atoms with Gasteiger partial charge in [-0.2, -0.15) is 0 Å². The normalized spacial score (nSPS) is 11.4. The van der Waals surface area contributed by atoms with Gasteiger partial charge >= 0.3 is 5.63 Å². The zero-order valence-corrected chi connectivity index (χ0v) is 11.0. The first-order chi connectivity index (χ1) is 8.02. The highest BCUT2D eigenvalue weighted by Gasteiger charge is 2.10. The van der Waals surface area contributed by atoms with Gasteiger partial charge < -0.3 is 4.42 Å². The van der Waals surface area contributed by atoms with E-state index >= 15 is 0 Å². The molecule has 1 aromatic heterocycles. The quantitative estimate of drug-likeness (QED) is 0.597. The SMILES string of the molecule is Cc1cc2oc(=O)cc(CCl)c2cc1C(C)C. The number of hydrogen-bond acceptors (Lipinski definition) is 2. The van der Waals surface area contributed by atoms with Crippen molar-refractivity contribution in [1.82, 2.24) is 0 Å². The van der Waals surface area contributed by atoms with E-state index in [-0.39, 0.29) is 5.63 Å². The number of benzene rings is 1. The molecule has 0 aliphatic carbocycles. The lowest BCUT2D eigenvalue weighted by Gasteiger charge is -2.12. The Bertz CT molecular complexity index is 611. The minimum atomic E-state index is -0.343. The highest BCUT2D eigenvalue weighted by molar-refractivity contribution is 6.17. The third-order valence-corrected chi connectivity index (χ3v) is 3.27. The molecule has 0 fully saturated rings. The van der Waals surface area contributed by atoms with Crippen LogP contribution in [0, 0.1) is 6.92 Å². The predicted octanol–water partition coefficient (Wildman–Crippen LogP) is 3.96. The van der Waals surface area contributed by atoms with E-state index in [1.807, 2.05) is 13.0 Å². The molecule has 0 unspecified atom stereocenters. The van der Waals surface area contributed by atoms with Gasteiger partial charge in [0.25, 0.3) is 0 Å². The summed E-state index contributed by atoms with van der Waals surface area (Å²) in [5.41, 5.74) is 3.51. The average Bonchev–Trinajstić information content (AvgIpc) is 2.26. The third kappa shape index (κ3) is 2.22. The smallest absolute Gasteiger partial charge is 0.336 e. The number of fused-ring (bicyclic) bond motifs is 1. The molecule has 0 atom stereocenters. The van der Waals surface area contributed by atoms with Crippen molar-refractivity contribution in [2.75, 3.05) is 0 Å². The molecule has 0 N–H and O–H groups in total. The van der Waals surface area contributed by atoms with Crippen LogP contribution in [0.25, 0.3) is 11.0 Å². The Hall–Kier alpha value is -1.28. The first-order valence-electron chi connectivity index (χ1n) is 5.66. The summed E-state index contributed by atoms with van der Waals surface area (Å²) >= 11 is 5.87. The van der Waals surface area contributed by atoms with Crippen molar-refractivity contribution >= 4 is 22.6 Å². The molecule has 2 nitrogen and oxygen atoms in total. The molecule has 0 radical (unpaired) electrons. The maximum absolute atomic E-state index is 11.4. The van der Waals surface area contributed by atoms with Crippen LogP contribution in [0.3, 0.4) is 0 Å². The molecule has 3 heteroatoms. The van der Waals surface area contributed by atoms with Crippen LogP contribution in [0.2, 0.25) is 0 Å². The van der Waals surface area contributed by atoms with Crippen LogP contribution in [0.1, 0.15) is 36.5 Å². The maximum Gasteiger partial charge on any atom is 0.336 e. The molecule has 90 valence electrons. The molecule has 2 aromatic rings. The fourth-order valence-electron chi connectivity index (χ4n) is 2.12. The second-order valence-electron chi connectivity index (χ2n) is 4.58. The summed E-state index contributed by atoms with van der Waals surface area (Å²) in [6.07, 6.45) is 0. The first-order valence-corrected chi connectivity index (χ1v) is 6.19. The van der Waals surface area contributed by atoms with E-state index in [9.17, 15) is 4.79 Å². The molecule has 0 aliphatic rings. The Morgan fingerprint density at radius 1 is 1.29 bits per heavy atom. The van der Waals surface area contributed by atoms with Crippen LogP contribution in [-0.4, -0.2) is 0 Å². The van der Waals surface area contributed by atoms with Gasteiger partial charge in [-0.05, 0) is 41.7 Å². The number of halogens is 1. The minimum Gasteiger partial charge on any atom is -0.423 e. The molecule has 17 heavy (non-hydrogen) atoms. The highest BCUT2D eigenvalue weighted by atomic mass is 35.5. The van der Waals surface area contributed by atoms with Crippen molar-refractivity contribution in [2.45, 2.75) is 32.6 Å². The molecule has 1 heterocycles. The van der Waals surface area contributed by atoms with Crippen LogP contribution < -0.4 is 5.63 Å². The van der Waals surface area contributed by atoms with E-state index in [0.29, 0.717) is 17.4 Å². The molecular formula is C14H15ClO2. The van der Waals surface area contributed by atoms with Gasteiger partial charge in [-0.15, -0.1) is 11.6 Å². The van der Waals surface area contributed by atoms with E-state index in [2.05, 4.69) is 19.9 Å². The van der Waals surface area contributed by atoms with E-state index in [1.165, 1.54) is 11.6 Å². The van der Waals surface area contributed by atoms with E-state index < -0.39 is 0 Å². The summed E-state index contributed by atoms with van der Waals surface area (Å²) in [5.74, 6) is 0.761. The van der Waals surface area contributed by atoms with Gasteiger partial charge in [-0.25, -0.2) is 4.79 Å². The topological polar surface area (TPSA) is 30.2 Å². The Labute approximate surface area is 105 Å². The number of rotatable bonds is 2. The van der Waals surface area contributed by atoms with E-state index in [1.54, 1.807) is 0 Å². The summed E-state index contributed by atoms with van der Waals surface area (Å²) in [7, 11) is 0. The zero-order chi connectivity index (χ0) is 12.6. The second kappa shape index (κ2) is 4.53. The molecule has 0 saturated heterocycles. The molecule has 2 rings (SSSR count). The number of alkyl halides is 1. The molecule has 0 amide bonds. The molecule has 0 spiro atoms. The summed E-state index contributed by atoms with van der Waals surface area (Å²) in [5, 5.41) is 0.939. The van der Waals surface area contributed by atoms with Crippen LogP contribution in [0.15, 0.2) is 27.4 Å². The average molecular weight is 251 g/mol. The minimum absolute atomic E-state index is 0.322. The van der Waals surface area contributed by atoms with Gasteiger partial charge in [0, 0.05) is 17.3 Å². The number of aryl methyl sites for hydroxylation is 1. The summed E-state index contributed by atoms with van der Waals surface area (Å²) in [6, 6.07) is 5.47. The largest absolute Gasteiger partial charge is 0.423 e. The van der Waals surface area contributed by atoms with Crippen molar-refractivity contribution in [1.29, 1.82) is 0 Å². The second-order valence-corrected chi connectivity index (χ2v) is 4.85. The Morgan fingerprint density at radius 2 is 2.00 bits per heavy atom. The van der Waals surface area contributed by atoms with Crippen LogP contribution in [0.5, 0.6) is 0 Å². The summed E-state index contributed by atoms with van der Waals surface area (Å²) < 4.78 is 5.21. The van der Waals surface area contributed by atoms with E-state index in [4.69, 9.17) is 16.0 Å². The van der Waals surface area contributed by atoms with Crippen LogP contribution in [-0.2, 0) is 5.88 Å². The van der Waals surface area contributed by atoms with Crippen LogP contribution in [0.4, 0.5) is 0 Å². The van der Waals surface area contributed by atoms with Gasteiger partial charge in [-0.3, -0.25) is 0 Å². The fourth-order valence-corrected chi connectivity index (χ4v) is 2.35. The fraction of sp³-hybridized carbons (Fsp3) is 0.357. The Balaban J connectivity index is 2.83. The van der Waals surface area contributed by atoms with Gasteiger partial charge in [0.05, 0.1) is 0 Å². The molecule has 0 bridgehead atoms. The summed E-state index contributed by atoms with van der Waals surface area (Å²) in [4.78, 5) is 11.4. The first kappa shape index (κ1) is 12.2. The van der Waals surface area contributed by atoms with Crippen LogP contribution >= 0.6 is 11.6 Å². The van der Waals surface area contributed by atoms with Gasteiger partial charge in [0.15, 0.2) is 0 Å².